The monoisotopic (exact) mass is 602 g/mol. The number of hydrogen-bond acceptors (Lipinski definition) is 6. The first-order chi connectivity index (χ1) is 21.9. The smallest absolute Gasteiger partial charge is 0.318 e. The molecule has 6 aromatic rings. The highest BCUT2D eigenvalue weighted by atomic mass is 16.2. The largest absolute Gasteiger partial charge is 0.332 e. The van der Waals surface area contributed by atoms with Crippen LogP contribution in [0.15, 0.2) is 88.5 Å². The number of aromatic nitrogens is 8. The van der Waals surface area contributed by atoms with Crippen molar-refractivity contribution in [1.29, 1.82) is 0 Å². The van der Waals surface area contributed by atoms with Crippen LogP contribution in [0.2, 0.25) is 0 Å². The van der Waals surface area contributed by atoms with E-state index in [4.69, 9.17) is 4.98 Å². The number of nitrogens with zero attached hydrogens (tertiary/aromatic N) is 7. The zero-order valence-corrected chi connectivity index (χ0v) is 26.0. The highest BCUT2D eigenvalue weighted by molar-refractivity contribution is 5.80. The van der Waals surface area contributed by atoms with Gasteiger partial charge in [0.2, 0.25) is 0 Å². The van der Waals surface area contributed by atoms with Crippen LogP contribution in [0, 0.1) is 5.92 Å². The topological polar surface area (TPSA) is 116 Å². The lowest BCUT2D eigenvalue weighted by atomic mass is 9.98. The number of imidazole rings is 1. The molecule has 0 amide bonds. The lowest BCUT2D eigenvalue weighted by molar-refractivity contribution is 0.474. The maximum atomic E-state index is 14.1. The van der Waals surface area contributed by atoms with Crippen LogP contribution < -0.4 is 11.2 Å². The minimum absolute atomic E-state index is 0.134. The number of aryl methyl sites for hydroxylation is 3. The fraction of sp³-hybridized carbons (Fsp3) is 0.314. The molecule has 0 aliphatic rings. The normalized spacial score (nSPS) is 11.6. The minimum Gasteiger partial charge on any atom is -0.318 e. The summed E-state index contributed by atoms with van der Waals surface area (Å²) >= 11 is 0. The third-order valence-electron chi connectivity index (χ3n) is 8.10. The second kappa shape index (κ2) is 13.3. The number of benzene rings is 3. The van der Waals surface area contributed by atoms with Crippen LogP contribution in [0.5, 0.6) is 0 Å². The van der Waals surface area contributed by atoms with E-state index >= 15 is 0 Å². The van der Waals surface area contributed by atoms with Gasteiger partial charge in [-0.25, -0.2) is 14.9 Å². The maximum Gasteiger partial charge on any atom is 0.332 e. The van der Waals surface area contributed by atoms with E-state index in [1.807, 2.05) is 60.9 Å². The number of nitrogens with one attached hydrogen (secondary N) is 1. The summed E-state index contributed by atoms with van der Waals surface area (Å²) in [4.78, 5) is 32.9. The van der Waals surface area contributed by atoms with Crippen molar-refractivity contribution in [3.8, 4) is 22.5 Å². The summed E-state index contributed by atoms with van der Waals surface area (Å²) in [5.41, 5.74) is 5.50. The van der Waals surface area contributed by atoms with Crippen LogP contribution in [0.1, 0.15) is 50.6 Å². The van der Waals surface area contributed by atoms with Crippen molar-refractivity contribution in [2.75, 3.05) is 0 Å². The number of aromatic amines is 1. The van der Waals surface area contributed by atoms with Crippen LogP contribution in [-0.2, 0) is 32.5 Å². The van der Waals surface area contributed by atoms with Crippen molar-refractivity contribution in [2.24, 2.45) is 5.92 Å². The van der Waals surface area contributed by atoms with Crippen molar-refractivity contribution >= 4 is 11.2 Å². The van der Waals surface area contributed by atoms with Crippen molar-refractivity contribution in [3.05, 3.63) is 117 Å². The lowest BCUT2D eigenvalue weighted by Gasteiger charge is -2.15. The molecule has 10 nitrogen and oxygen atoms in total. The van der Waals surface area contributed by atoms with E-state index in [1.165, 1.54) is 4.57 Å². The Morgan fingerprint density at radius 2 is 1.53 bits per heavy atom. The van der Waals surface area contributed by atoms with Gasteiger partial charge in [-0.05, 0) is 51.4 Å². The van der Waals surface area contributed by atoms with E-state index in [0.29, 0.717) is 43.0 Å². The molecular weight excluding hydrogens is 564 g/mol. The molecule has 230 valence electrons. The van der Waals surface area contributed by atoms with Gasteiger partial charge < -0.3 is 4.57 Å². The van der Waals surface area contributed by atoms with Crippen LogP contribution in [0.25, 0.3) is 33.7 Å². The summed E-state index contributed by atoms with van der Waals surface area (Å²) < 4.78 is 5.14. The third kappa shape index (κ3) is 6.26. The van der Waals surface area contributed by atoms with Gasteiger partial charge in [0.25, 0.3) is 5.56 Å². The second-order valence-electron chi connectivity index (χ2n) is 11.9. The van der Waals surface area contributed by atoms with E-state index in [0.717, 1.165) is 52.9 Å². The summed E-state index contributed by atoms with van der Waals surface area (Å²) in [5, 5.41) is 14.4. The van der Waals surface area contributed by atoms with Gasteiger partial charge in [-0.2, -0.15) is 0 Å². The zero-order valence-electron chi connectivity index (χ0n) is 26.0. The molecule has 0 saturated heterocycles. The van der Waals surface area contributed by atoms with Crippen molar-refractivity contribution in [2.45, 2.75) is 66.1 Å². The SMILES string of the molecule is CCCCc1nc2c(c(=O)n(CC(C)C)c(=O)n2CCc2ccccc2)n1Cc1ccc(-c2ccccc2-c2nnn[nH]2)cc1. The average Bonchev–Trinajstić information content (AvgIpc) is 3.72. The van der Waals surface area contributed by atoms with E-state index in [-0.39, 0.29) is 17.2 Å². The van der Waals surface area contributed by atoms with Gasteiger partial charge in [-0.3, -0.25) is 13.9 Å². The predicted molar refractivity (Wildman–Crippen MR) is 176 cm³/mol. The number of fused-ring (bicyclic) bond motifs is 1. The molecule has 0 unspecified atom stereocenters. The summed E-state index contributed by atoms with van der Waals surface area (Å²) in [6.07, 6.45) is 3.32. The average molecular weight is 603 g/mol. The summed E-state index contributed by atoms with van der Waals surface area (Å²) in [5.74, 6) is 1.57. The maximum absolute atomic E-state index is 14.1. The van der Waals surface area contributed by atoms with Gasteiger partial charge in [0.1, 0.15) is 5.82 Å². The van der Waals surface area contributed by atoms with E-state index in [1.54, 1.807) is 4.57 Å². The van der Waals surface area contributed by atoms with E-state index in [9.17, 15) is 9.59 Å². The van der Waals surface area contributed by atoms with Gasteiger partial charge in [0.15, 0.2) is 17.0 Å². The Kier molecular flexibility index (Phi) is 8.81. The molecule has 6 rings (SSSR count). The number of hydrogen-bond donors (Lipinski definition) is 1. The fourth-order valence-corrected chi connectivity index (χ4v) is 5.83. The number of H-pyrrole nitrogens is 1. The molecule has 1 N–H and O–H groups in total. The standard InChI is InChI=1S/C35H38N8O2/c1-4-5-15-30-36-33-31(34(44)43(22-24(2)3)35(45)41(33)21-20-25-11-7-6-8-12-25)42(30)23-26-16-18-27(19-17-26)28-13-9-10-14-29(28)32-37-39-40-38-32/h6-14,16-19,24H,4-5,15,20-23H2,1-3H3,(H,37,38,39,40). The second-order valence-corrected chi connectivity index (χ2v) is 11.9. The Balaban J connectivity index is 1.43. The van der Waals surface area contributed by atoms with Crippen molar-refractivity contribution in [1.82, 2.24) is 39.3 Å². The molecule has 3 aromatic heterocycles. The van der Waals surface area contributed by atoms with E-state index in [2.05, 4.69) is 63.9 Å². The molecule has 0 saturated carbocycles. The molecule has 45 heavy (non-hydrogen) atoms. The van der Waals surface area contributed by atoms with Gasteiger partial charge >= 0.3 is 5.69 Å². The first-order valence-electron chi connectivity index (χ1n) is 15.6. The van der Waals surface area contributed by atoms with Crippen molar-refractivity contribution < 1.29 is 0 Å². The first-order valence-corrected chi connectivity index (χ1v) is 15.6. The third-order valence-corrected chi connectivity index (χ3v) is 8.10. The number of unbranched alkanes of at least 4 members (excludes halogenated alkanes) is 1. The number of tetrazole rings is 1. The van der Waals surface area contributed by atoms with Crippen LogP contribution in [0.3, 0.4) is 0 Å². The summed E-state index contributed by atoms with van der Waals surface area (Å²) in [7, 11) is 0. The summed E-state index contributed by atoms with van der Waals surface area (Å²) in [6.45, 7) is 7.45. The van der Waals surface area contributed by atoms with Gasteiger partial charge in [0.05, 0.1) is 0 Å². The van der Waals surface area contributed by atoms with E-state index < -0.39 is 0 Å². The molecule has 0 bridgehead atoms. The van der Waals surface area contributed by atoms with Gasteiger partial charge in [-0.15, -0.1) is 5.10 Å². The quantitative estimate of drug-likeness (QED) is 0.198. The fourth-order valence-electron chi connectivity index (χ4n) is 5.83. The molecule has 0 fully saturated rings. The van der Waals surface area contributed by atoms with Crippen LogP contribution in [-0.4, -0.2) is 39.3 Å². The molecule has 0 atom stereocenters. The Labute approximate surface area is 261 Å². The summed E-state index contributed by atoms with van der Waals surface area (Å²) in [6, 6.07) is 26.4. The molecule has 3 aromatic carbocycles. The molecule has 10 heteroatoms. The first kappa shape index (κ1) is 29.9. The Bertz CT molecular complexity index is 2000. The van der Waals surface area contributed by atoms with Crippen LogP contribution >= 0.6 is 0 Å². The number of rotatable bonds is 12. The van der Waals surface area contributed by atoms with Crippen LogP contribution in [0.4, 0.5) is 0 Å². The molecular formula is C35H38N8O2. The highest BCUT2D eigenvalue weighted by Crippen LogP contribution is 2.30. The Morgan fingerprint density at radius 3 is 2.22 bits per heavy atom. The molecule has 0 aliphatic carbocycles. The highest BCUT2D eigenvalue weighted by Gasteiger charge is 2.22. The van der Waals surface area contributed by atoms with Crippen molar-refractivity contribution in [3.63, 3.8) is 0 Å². The molecule has 0 radical (unpaired) electrons. The molecule has 0 aliphatic heterocycles. The van der Waals surface area contributed by atoms with Gasteiger partial charge in [0, 0.05) is 31.6 Å². The minimum atomic E-state index is -0.297. The zero-order chi connectivity index (χ0) is 31.3. The van der Waals surface area contributed by atoms with Gasteiger partial charge in [-0.1, -0.05) is 106 Å². The molecule has 3 heterocycles. The lowest BCUT2D eigenvalue weighted by Crippen LogP contribution is -2.42. The predicted octanol–water partition coefficient (Wildman–Crippen LogP) is 5.50. The molecule has 0 spiro atoms. The Morgan fingerprint density at radius 1 is 0.800 bits per heavy atom. The Hall–Kier alpha value is -5.12.